The topological polar surface area (TPSA) is 101 Å². The molecule has 0 unspecified atom stereocenters. The van der Waals surface area contributed by atoms with Gasteiger partial charge in [-0.1, -0.05) is 12.1 Å². The second-order valence-corrected chi connectivity index (χ2v) is 8.13. The highest BCUT2D eigenvalue weighted by atomic mass is 32.2. The Morgan fingerprint density at radius 2 is 1.96 bits per heavy atom. The molecule has 25 heavy (non-hydrogen) atoms. The van der Waals surface area contributed by atoms with Crippen LogP contribution in [0.5, 0.6) is 0 Å². The van der Waals surface area contributed by atoms with Crippen LogP contribution in [0.2, 0.25) is 0 Å². The van der Waals surface area contributed by atoms with Crippen molar-refractivity contribution < 1.29 is 13.2 Å². The molecule has 130 valence electrons. The lowest BCUT2D eigenvalue weighted by atomic mass is 10.2. The van der Waals surface area contributed by atoms with E-state index in [1.807, 2.05) is 13.0 Å². The third kappa shape index (κ3) is 3.94. The average Bonchev–Trinajstić information content (AvgIpc) is 3.02. The van der Waals surface area contributed by atoms with Gasteiger partial charge in [0.1, 0.15) is 11.0 Å². The Bertz CT molecular complexity index is 1040. The first-order chi connectivity index (χ1) is 11.8. The number of benzene rings is 2. The van der Waals surface area contributed by atoms with Crippen molar-refractivity contribution in [3.63, 3.8) is 0 Å². The Labute approximate surface area is 149 Å². The number of sulfone groups is 1. The summed E-state index contributed by atoms with van der Waals surface area (Å²) < 4.78 is 31.6. The fraction of sp³-hybridized carbons (Fsp3) is 0.188. The zero-order valence-electron chi connectivity index (χ0n) is 13.6. The summed E-state index contributed by atoms with van der Waals surface area (Å²) >= 11 is 1.09. The number of anilines is 2. The molecule has 1 aromatic heterocycles. The summed E-state index contributed by atoms with van der Waals surface area (Å²) in [7, 11) is -3.30. The summed E-state index contributed by atoms with van der Waals surface area (Å²) in [6.45, 7) is 1.84. The van der Waals surface area contributed by atoms with E-state index < -0.39 is 9.84 Å². The molecular weight excluding hydrogens is 360 g/mol. The Balaban J connectivity index is 1.71. The minimum Gasteiger partial charge on any atom is -0.376 e. The molecule has 0 spiro atoms. The fourth-order valence-electron chi connectivity index (χ4n) is 2.30. The number of nitrogens with one attached hydrogen (secondary N) is 2. The number of aryl methyl sites for hydroxylation is 1. The molecule has 0 radical (unpaired) electrons. The lowest BCUT2D eigenvalue weighted by Crippen LogP contribution is -2.22. The van der Waals surface area contributed by atoms with Gasteiger partial charge in [-0.25, -0.2) is 8.42 Å². The number of hydrogen-bond acceptors (Lipinski definition) is 7. The zero-order valence-corrected chi connectivity index (χ0v) is 15.2. The summed E-state index contributed by atoms with van der Waals surface area (Å²) in [5.74, 6) is -0.260. The minimum atomic E-state index is -3.30. The van der Waals surface area contributed by atoms with Crippen molar-refractivity contribution in [2.45, 2.75) is 11.8 Å². The molecule has 3 rings (SSSR count). The van der Waals surface area contributed by atoms with Crippen molar-refractivity contribution in [1.29, 1.82) is 0 Å². The average molecular weight is 376 g/mol. The van der Waals surface area contributed by atoms with Crippen molar-refractivity contribution in [3.8, 4) is 0 Å². The van der Waals surface area contributed by atoms with Crippen LogP contribution in [0.3, 0.4) is 0 Å². The number of rotatable bonds is 5. The van der Waals surface area contributed by atoms with Crippen LogP contribution < -0.4 is 10.6 Å². The number of nitrogens with zero attached hydrogens (tertiary/aromatic N) is 2. The van der Waals surface area contributed by atoms with E-state index in [9.17, 15) is 13.2 Å². The van der Waals surface area contributed by atoms with Crippen LogP contribution in [0.25, 0.3) is 11.0 Å². The molecule has 7 nitrogen and oxygen atoms in total. The van der Waals surface area contributed by atoms with E-state index in [0.717, 1.165) is 29.1 Å². The maximum Gasteiger partial charge on any atom is 0.243 e. The van der Waals surface area contributed by atoms with Crippen molar-refractivity contribution in [2.75, 3.05) is 23.4 Å². The maximum absolute atomic E-state index is 12.2. The smallest absolute Gasteiger partial charge is 0.243 e. The standard InChI is InChI=1S/C16H16N4O3S2/c1-10-6-7-11(25(2,22)23)8-14(10)17-9-15(21)18-12-4-3-5-13-16(12)20-24-19-13/h3-8,17H,9H2,1-2H3,(H,18,21). The van der Waals surface area contributed by atoms with Gasteiger partial charge < -0.3 is 10.6 Å². The van der Waals surface area contributed by atoms with E-state index in [-0.39, 0.29) is 17.3 Å². The van der Waals surface area contributed by atoms with Gasteiger partial charge in [0.2, 0.25) is 5.91 Å². The van der Waals surface area contributed by atoms with E-state index in [2.05, 4.69) is 19.4 Å². The highest BCUT2D eigenvalue weighted by molar-refractivity contribution is 7.90. The molecule has 3 aromatic rings. The van der Waals surface area contributed by atoms with Crippen molar-refractivity contribution in [1.82, 2.24) is 8.75 Å². The second kappa shape index (κ2) is 6.77. The molecule has 1 amide bonds. The summed E-state index contributed by atoms with van der Waals surface area (Å²) in [6.07, 6.45) is 1.15. The lowest BCUT2D eigenvalue weighted by Gasteiger charge is -2.11. The van der Waals surface area contributed by atoms with E-state index >= 15 is 0 Å². The summed E-state index contributed by atoms with van der Waals surface area (Å²) in [5.41, 5.74) is 3.43. The van der Waals surface area contributed by atoms with Gasteiger partial charge in [-0.2, -0.15) is 8.75 Å². The van der Waals surface area contributed by atoms with E-state index in [0.29, 0.717) is 16.9 Å². The molecule has 0 saturated heterocycles. The van der Waals surface area contributed by atoms with Crippen LogP contribution in [0.15, 0.2) is 41.3 Å². The van der Waals surface area contributed by atoms with Gasteiger partial charge in [0.15, 0.2) is 9.84 Å². The quantitative estimate of drug-likeness (QED) is 0.709. The normalized spacial score (nSPS) is 11.4. The van der Waals surface area contributed by atoms with Crippen molar-refractivity contribution >= 4 is 49.9 Å². The predicted octanol–water partition coefficient (Wildman–Crippen LogP) is 2.45. The summed E-state index contributed by atoms with van der Waals surface area (Å²) in [4.78, 5) is 12.4. The molecule has 0 saturated carbocycles. The summed E-state index contributed by atoms with van der Waals surface area (Å²) in [5, 5.41) is 5.77. The Morgan fingerprint density at radius 3 is 2.72 bits per heavy atom. The molecule has 0 aliphatic heterocycles. The predicted molar refractivity (Wildman–Crippen MR) is 98.8 cm³/mol. The molecule has 0 fully saturated rings. The molecule has 0 bridgehead atoms. The molecule has 1 heterocycles. The number of aromatic nitrogens is 2. The molecule has 0 aliphatic carbocycles. The van der Waals surface area contributed by atoms with Crippen LogP contribution in [0.4, 0.5) is 11.4 Å². The van der Waals surface area contributed by atoms with E-state index in [4.69, 9.17) is 0 Å². The first-order valence-corrected chi connectivity index (χ1v) is 10.0. The number of amides is 1. The number of hydrogen-bond donors (Lipinski definition) is 2. The Morgan fingerprint density at radius 1 is 1.16 bits per heavy atom. The summed E-state index contributed by atoms with van der Waals surface area (Å²) in [6, 6.07) is 10.2. The zero-order chi connectivity index (χ0) is 18.0. The first kappa shape index (κ1) is 17.3. The Kier molecular flexibility index (Phi) is 4.69. The Hall–Kier alpha value is -2.52. The fourth-order valence-corrected chi connectivity index (χ4v) is 3.50. The largest absolute Gasteiger partial charge is 0.376 e. The molecule has 2 aromatic carbocycles. The number of carbonyl (C=O) groups excluding carboxylic acids is 1. The monoisotopic (exact) mass is 376 g/mol. The number of carbonyl (C=O) groups is 1. The highest BCUT2D eigenvalue weighted by Crippen LogP contribution is 2.22. The van der Waals surface area contributed by atoms with Crippen molar-refractivity contribution in [3.05, 3.63) is 42.0 Å². The van der Waals surface area contributed by atoms with Crippen LogP contribution in [0, 0.1) is 6.92 Å². The molecule has 2 N–H and O–H groups in total. The van der Waals surface area contributed by atoms with Gasteiger partial charge in [0.25, 0.3) is 0 Å². The number of fused-ring (bicyclic) bond motifs is 1. The van der Waals surface area contributed by atoms with Gasteiger partial charge in [-0.15, -0.1) is 0 Å². The molecule has 9 heteroatoms. The third-order valence-electron chi connectivity index (χ3n) is 3.64. The van der Waals surface area contributed by atoms with Crippen LogP contribution in [-0.4, -0.2) is 35.9 Å². The minimum absolute atomic E-state index is 0.00199. The van der Waals surface area contributed by atoms with Gasteiger partial charge in [-0.3, -0.25) is 4.79 Å². The molecule has 0 aliphatic rings. The molecule has 0 atom stereocenters. The van der Waals surface area contributed by atoms with Crippen molar-refractivity contribution in [2.24, 2.45) is 0 Å². The second-order valence-electron chi connectivity index (χ2n) is 5.59. The SMILES string of the molecule is Cc1ccc(S(C)(=O)=O)cc1NCC(=O)Nc1cccc2nsnc12. The van der Waals surface area contributed by atoms with E-state index in [1.165, 1.54) is 6.07 Å². The highest BCUT2D eigenvalue weighted by Gasteiger charge is 2.11. The van der Waals surface area contributed by atoms with Gasteiger partial charge in [0, 0.05) is 11.9 Å². The molecular formula is C16H16N4O3S2. The lowest BCUT2D eigenvalue weighted by molar-refractivity contribution is -0.114. The van der Waals surface area contributed by atoms with Gasteiger partial charge in [-0.05, 0) is 36.8 Å². The third-order valence-corrected chi connectivity index (χ3v) is 5.29. The van der Waals surface area contributed by atoms with Crippen LogP contribution in [0.1, 0.15) is 5.56 Å². The van der Waals surface area contributed by atoms with E-state index in [1.54, 1.807) is 24.3 Å². The maximum atomic E-state index is 12.2. The van der Waals surface area contributed by atoms with Crippen LogP contribution >= 0.6 is 11.7 Å². The van der Waals surface area contributed by atoms with Gasteiger partial charge >= 0.3 is 0 Å². The van der Waals surface area contributed by atoms with Gasteiger partial charge in [0.05, 0.1) is 28.9 Å². The first-order valence-electron chi connectivity index (χ1n) is 7.40. The van der Waals surface area contributed by atoms with Crippen LogP contribution in [-0.2, 0) is 14.6 Å².